The van der Waals surface area contributed by atoms with Gasteiger partial charge in [-0.15, -0.1) is 5.10 Å². The fourth-order valence-electron chi connectivity index (χ4n) is 2.00. The zero-order valence-electron chi connectivity index (χ0n) is 10.5. The molecule has 0 saturated heterocycles. The molecule has 17 heavy (non-hydrogen) atoms. The third-order valence-corrected chi connectivity index (χ3v) is 3.75. The summed E-state index contributed by atoms with van der Waals surface area (Å²) in [4.78, 5) is 0. The maximum Gasteiger partial charge on any atom is 0.0802 e. The number of nitrogens with zero attached hydrogens (tertiary/aromatic N) is 3. The van der Waals surface area contributed by atoms with Crippen LogP contribution in [-0.2, 0) is 6.54 Å². The first-order valence-corrected chi connectivity index (χ1v) is 6.80. The van der Waals surface area contributed by atoms with Gasteiger partial charge in [0, 0.05) is 6.54 Å². The molecule has 0 bridgehead atoms. The number of thiophene rings is 1. The Labute approximate surface area is 106 Å². The molecule has 0 radical (unpaired) electrons. The molecule has 2 heterocycles. The molecule has 0 spiro atoms. The average molecular weight is 250 g/mol. The van der Waals surface area contributed by atoms with Crippen molar-refractivity contribution in [1.82, 2.24) is 20.3 Å². The first-order chi connectivity index (χ1) is 8.27. The van der Waals surface area contributed by atoms with Crippen LogP contribution in [0.25, 0.3) is 0 Å². The molecule has 0 aliphatic carbocycles. The van der Waals surface area contributed by atoms with Crippen LogP contribution in [0.15, 0.2) is 17.0 Å². The van der Waals surface area contributed by atoms with E-state index in [9.17, 15) is 0 Å². The Morgan fingerprint density at radius 1 is 1.47 bits per heavy atom. The lowest BCUT2D eigenvalue weighted by Crippen LogP contribution is -2.21. The van der Waals surface area contributed by atoms with E-state index in [-0.39, 0.29) is 6.04 Å². The van der Waals surface area contributed by atoms with Crippen molar-refractivity contribution in [2.45, 2.75) is 32.9 Å². The van der Waals surface area contributed by atoms with Crippen LogP contribution in [0.1, 0.15) is 36.2 Å². The van der Waals surface area contributed by atoms with Crippen LogP contribution in [-0.4, -0.2) is 22.0 Å². The monoisotopic (exact) mass is 250 g/mol. The van der Waals surface area contributed by atoms with Crippen LogP contribution in [0.5, 0.6) is 0 Å². The Morgan fingerprint density at radius 2 is 2.29 bits per heavy atom. The Balaban J connectivity index is 2.35. The highest BCUT2D eigenvalue weighted by Crippen LogP contribution is 2.26. The van der Waals surface area contributed by atoms with E-state index in [1.807, 2.05) is 17.9 Å². The summed E-state index contributed by atoms with van der Waals surface area (Å²) in [5.41, 5.74) is 3.77. The van der Waals surface area contributed by atoms with E-state index >= 15 is 0 Å². The van der Waals surface area contributed by atoms with E-state index in [0.717, 1.165) is 18.7 Å². The maximum atomic E-state index is 4.14. The highest BCUT2D eigenvalue weighted by molar-refractivity contribution is 7.08. The largest absolute Gasteiger partial charge is 0.308 e. The lowest BCUT2D eigenvalue weighted by atomic mass is 10.0. The Bertz CT molecular complexity index is 474. The van der Waals surface area contributed by atoms with Gasteiger partial charge in [0.1, 0.15) is 0 Å². The standard InChI is InChI=1S/C12H18N4S/c1-4-5-16-11(6-14-15-16)12(13-3)10-8-17-7-9(10)2/h6-8,12-13H,4-5H2,1-3H3. The average Bonchev–Trinajstić information content (AvgIpc) is 2.92. The van der Waals surface area contributed by atoms with Crippen molar-refractivity contribution < 1.29 is 0 Å². The summed E-state index contributed by atoms with van der Waals surface area (Å²) in [6.07, 6.45) is 2.92. The topological polar surface area (TPSA) is 42.7 Å². The van der Waals surface area contributed by atoms with Crippen molar-refractivity contribution in [2.75, 3.05) is 7.05 Å². The van der Waals surface area contributed by atoms with Crippen LogP contribution in [0.3, 0.4) is 0 Å². The fourth-order valence-corrected chi connectivity index (χ4v) is 2.88. The van der Waals surface area contributed by atoms with Gasteiger partial charge < -0.3 is 5.32 Å². The van der Waals surface area contributed by atoms with E-state index < -0.39 is 0 Å². The zero-order chi connectivity index (χ0) is 12.3. The molecular weight excluding hydrogens is 232 g/mol. The van der Waals surface area contributed by atoms with E-state index in [1.54, 1.807) is 11.3 Å². The van der Waals surface area contributed by atoms with Gasteiger partial charge in [-0.3, -0.25) is 0 Å². The summed E-state index contributed by atoms with van der Waals surface area (Å²) in [5, 5.41) is 15.9. The number of aryl methyl sites for hydroxylation is 2. The first kappa shape index (κ1) is 12.3. The summed E-state index contributed by atoms with van der Waals surface area (Å²) in [6, 6.07) is 0.183. The lowest BCUT2D eigenvalue weighted by Gasteiger charge is -2.17. The smallest absolute Gasteiger partial charge is 0.0802 e. The Hall–Kier alpha value is -1.20. The van der Waals surface area contributed by atoms with Crippen LogP contribution in [0.2, 0.25) is 0 Å². The van der Waals surface area contributed by atoms with Crippen molar-refractivity contribution in [3.8, 4) is 0 Å². The predicted octanol–water partition coefficient (Wildman–Crippen LogP) is 2.37. The van der Waals surface area contributed by atoms with Gasteiger partial charge in [-0.05, 0) is 42.3 Å². The van der Waals surface area contributed by atoms with Crippen molar-refractivity contribution in [3.63, 3.8) is 0 Å². The quantitative estimate of drug-likeness (QED) is 0.886. The molecule has 0 saturated carbocycles. The molecule has 1 unspecified atom stereocenters. The zero-order valence-corrected chi connectivity index (χ0v) is 11.3. The molecule has 2 aromatic heterocycles. The first-order valence-electron chi connectivity index (χ1n) is 5.86. The number of hydrogen-bond donors (Lipinski definition) is 1. The van der Waals surface area contributed by atoms with Gasteiger partial charge in [-0.25, -0.2) is 4.68 Å². The van der Waals surface area contributed by atoms with Crippen LogP contribution in [0.4, 0.5) is 0 Å². The molecule has 0 aliphatic heterocycles. The highest BCUT2D eigenvalue weighted by atomic mass is 32.1. The molecule has 0 aliphatic rings. The van der Waals surface area contributed by atoms with Gasteiger partial charge in [0.15, 0.2) is 0 Å². The minimum Gasteiger partial charge on any atom is -0.308 e. The second-order valence-corrected chi connectivity index (χ2v) is 4.86. The molecule has 2 rings (SSSR count). The van der Waals surface area contributed by atoms with Crippen molar-refractivity contribution in [3.05, 3.63) is 33.8 Å². The number of rotatable bonds is 5. The van der Waals surface area contributed by atoms with Gasteiger partial charge in [0.25, 0.3) is 0 Å². The van der Waals surface area contributed by atoms with E-state index in [2.05, 4.69) is 40.2 Å². The minimum absolute atomic E-state index is 0.183. The summed E-state index contributed by atoms with van der Waals surface area (Å²) < 4.78 is 1.98. The summed E-state index contributed by atoms with van der Waals surface area (Å²) in [5.74, 6) is 0. The van der Waals surface area contributed by atoms with Gasteiger partial charge >= 0.3 is 0 Å². The van der Waals surface area contributed by atoms with E-state index in [0.29, 0.717) is 0 Å². The molecule has 0 amide bonds. The van der Waals surface area contributed by atoms with Crippen molar-refractivity contribution in [1.29, 1.82) is 0 Å². The van der Waals surface area contributed by atoms with Crippen molar-refractivity contribution in [2.24, 2.45) is 0 Å². The molecule has 4 nitrogen and oxygen atoms in total. The highest BCUT2D eigenvalue weighted by Gasteiger charge is 2.19. The van der Waals surface area contributed by atoms with Gasteiger partial charge in [0.05, 0.1) is 17.9 Å². The molecule has 0 aromatic carbocycles. The lowest BCUT2D eigenvalue weighted by molar-refractivity contribution is 0.523. The van der Waals surface area contributed by atoms with E-state index in [1.165, 1.54) is 11.1 Å². The van der Waals surface area contributed by atoms with Gasteiger partial charge in [0.2, 0.25) is 0 Å². The van der Waals surface area contributed by atoms with Crippen LogP contribution in [0, 0.1) is 6.92 Å². The Kier molecular flexibility index (Phi) is 3.91. The van der Waals surface area contributed by atoms with Crippen molar-refractivity contribution >= 4 is 11.3 Å². The number of aromatic nitrogens is 3. The summed E-state index contributed by atoms with van der Waals surface area (Å²) in [6.45, 7) is 5.20. The number of hydrogen-bond acceptors (Lipinski definition) is 4. The molecule has 0 fully saturated rings. The van der Waals surface area contributed by atoms with Gasteiger partial charge in [-0.2, -0.15) is 11.3 Å². The second kappa shape index (κ2) is 5.42. The fraction of sp³-hybridized carbons (Fsp3) is 0.500. The third-order valence-electron chi connectivity index (χ3n) is 2.87. The number of nitrogens with one attached hydrogen (secondary N) is 1. The van der Waals surface area contributed by atoms with Crippen LogP contribution < -0.4 is 5.32 Å². The van der Waals surface area contributed by atoms with Crippen LogP contribution >= 0.6 is 11.3 Å². The summed E-state index contributed by atoms with van der Waals surface area (Å²) in [7, 11) is 1.98. The normalized spacial score (nSPS) is 12.9. The second-order valence-electron chi connectivity index (χ2n) is 4.11. The molecule has 2 aromatic rings. The molecule has 5 heteroatoms. The molecule has 1 atom stereocenters. The SMILES string of the molecule is CCCn1nncc1C(NC)c1cscc1C. The minimum atomic E-state index is 0.183. The predicted molar refractivity (Wildman–Crippen MR) is 70.3 cm³/mol. The maximum absolute atomic E-state index is 4.14. The third kappa shape index (κ3) is 2.40. The summed E-state index contributed by atoms with van der Waals surface area (Å²) >= 11 is 1.74. The Morgan fingerprint density at radius 3 is 2.88 bits per heavy atom. The van der Waals surface area contributed by atoms with E-state index in [4.69, 9.17) is 0 Å². The molecule has 92 valence electrons. The molecular formula is C12H18N4S. The van der Waals surface area contributed by atoms with Gasteiger partial charge in [-0.1, -0.05) is 12.1 Å². The molecule has 1 N–H and O–H groups in total.